The number of oxime groups is 1. The molecule has 0 aromatic carbocycles. The van der Waals surface area contributed by atoms with Gasteiger partial charge < -0.3 is 15.3 Å². The molecular weight excluding hydrogens is 309 g/mol. The summed E-state index contributed by atoms with van der Waals surface area (Å²) in [6.07, 6.45) is 1.69. The van der Waals surface area contributed by atoms with Crippen LogP contribution in [0.1, 0.15) is 26.2 Å². The number of hydrogen-bond acceptors (Lipinski definition) is 4. The summed E-state index contributed by atoms with van der Waals surface area (Å²) in [5.41, 5.74) is 5.55. The van der Waals surface area contributed by atoms with E-state index in [0.29, 0.717) is 30.9 Å². The SMILES string of the molecule is C=C(C=CC(=CC)C(CCCCOC)=NOCCN)C(F)(F)F. The molecule has 0 unspecified atom stereocenters. The first kappa shape index (κ1) is 21.4. The number of allylic oxidation sites excluding steroid dienone is 5. The molecule has 132 valence electrons. The molecule has 0 radical (unpaired) electrons. The van der Waals surface area contributed by atoms with E-state index in [9.17, 15) is 13.2 Å². The topological polar surface area (TPSA) is 56.8 Å². The van der Waals surface area contributed by atoms with E-state index < -0.39 is 11.7 Å². The van der Waals surface area contributed by atoms with Gasteiger partial charge in [0.05, 0.1) is 5.71 Å². The van der Waals surface area contributed by atoms with Gasteiger partial charge in [-0.25, -0.2) is 0 Å². The Kier molecular flexibility index (Phi) is 11.1. The standard InChI is InChI=1S/C16H25F3N2O2/c1-4-14(9-8-13(2)16(17,18)19)15(21-23-12-10-20)7-5-6-11-22-3/h4,8-9H,2,5-7,10-12,20H2,1,3H3. The summed E-state index contributed by atoms with van der Waals surface area (Å²) in [4.78, 5) is 5.07. The van der Waals surface area contributed by atoms with Crippen LogP contribution in [0.5, 0.6) is 0 Å². The number of unbranched alkanes of at least 4 members (excludes halogenated alkanes) is 1. The van der Waals surface area contributed by atoms with Crippen molar-refractivity contribution in [2.24, 2.45) is 10.9 Å². The second-order valence-corrected chi connectivity index (χ2v) is 4.71. The first-order chi connectivity index (χ1) is 10.9. The van der Waals surface area contributed by atoms with E-state index >= 15 is 0 Å². The first-order valence-electron chi connectivity index (χ1n) is 7.35. The summed E-state index contributed by atoms with van der Waals surface area (Å²) in [5.74, 6) is 0. The van der Waals surface area contributed by atoms with Crippen molar-refractivity contribution < 1.29 is 22.7 Å². The van der Waals surface area contributed by atoms with Gasteiger partial charge in [0.15, 0.2) is 0 Å². The number of hydrogen-bond donors (Lipinski definition) is 1. The third-order valence-corrected chi connectivity index (χ3v) is 2.87. The Morgan fingerprint density at radius 3 is 2.43 bits per heavy atom. The molecule has 0 bridgehead atoms. The molecule has 2 N–H and O–H groups in total. The van der Waals surface area contributed by atoms with Crippen molar-refractivity contribution in [1.82, 2.24) is 0 Å². The lowest BCUT2D eigenvalue weighted by Crippen LogP contribution is -2.10. The van der Waals surface area contributed by atoms with E-state index in [1.165, 1.54) is 6.08 Å². The average Bonchev–Trinajstić information content (AvgIpc) is 2.50. The van der Waals surface area contributed by atoms with Crippen LogP contribution in [0.25, 0.3) is 0 Å². The first-order valence-corrected chi connectivity index (χ1v) is 7.35. The lowest BCUT2D eigenvalue weighted by Gasteiger charge is -2.09. The van der Waals surface area contributed by atoms with Gasteiger partial charge in [0, 0.05) is 25.8 Å². The Hall–Kier alpha value is -1.60. The maximum absolute atomic E-state index is 12.5. The summed E-state index contributed by atoms with van der Waals surface area (Å²) in [6, 6.07) is 0. The predicted molar refractivity (Wildman–Crippen MR) is 86.3 cm³/mol. The van der Waals surface area contributed by atoms with Gasteiger partial charge in [0.2, 0.25) is 0 Å². The Morgan fingerprint density at radius 1 is 1.22 bits per heavy atom. The van der Waals surface area contributed by atoms with Crippen LogP contribution in [0.15, 0.2) is 41.1 Å². The van der Waals surface area contributed by atoms with Crippen molar-refractivity contribution in [3.8, 4) is 0 Å². The highest BCUT2D eigenvalue weighted by molar-refractivity contribution is 6.02. The van der Waals surface area contributed by atoms with Gasteiger partial charge in [-0.05, 0) is 37.8 Å². The number of alkyl halides is 3. The van der Waals surface area contributed by atoms with Gasteiger partial charge in [0.1, 0.15) is 6.61 Å². The van der Waals surface area contributed by atoms with Gasteiger partial charge in [-0.15, -0.1) is 0 Å². The largest absolute Gasteiger partial charge is 0.415 e. The maximum Gasteiger partial charge on any atom is 0.415 e. The smallest absolute Gasteiger partial charge is 0.394 e. The zero-order valence-corrected chi connectivity index (χ0v) is 13.7. The number of ether oxygens (including phenoxy) is 1. The van der Waals surface area contributed by atoms with Crippen LogP contribution in [-0.4, -0.2) is 38.8 Å². The van der Waals surface area contributed by atoms with E-state index in [-0.39, 0.29) is 6.61 Å². The van der Waals surface area contributed by atoms with Crippen molar-refractivity contribution in [3.63, 3.8) is 0 Å². The number of methoxy groups -OCH3 is 1. The van der Waals surface area contributed by atoms with Crippen molar-refractivity contribution in [1.29, 1.82) is 0 Å². The van der Waals surface area contributed by atoms with Crippen LogP contribution in [-0.2, 0) is 9.57 Å². The highest BCUT2D eigenvalue weighted by Crippen LogP contribution is 2.25. The van der Waals surface area contributed by atoms with E-state index in [2.05, 4.69) is 11.7 Å². The molecule has 0 saturated carbocycles. The Morgan fingerprint density at radius 2 is 1.91 bits per heavy atom. The van der Waals surface area contributed by atoms with Crippen LogP contribution in [0.3, 0.4) is 0 Å². The molecule has 0 saturated heterocycles. The van der Waals surface area contributed by atoms with Crippen LogP contribution in [0, 0.1) is 0 Å². The van der Waals surface area contributed by atoms with Crippen molar-refractivity contribution >= 4 is 5.71 Å². The highest BCUT2D eigenvalue weighted by atomic mass is 19.4. The van der Waals surface area contributed by atoms with Crippen LogP contribution in [0.2, 0.25) is 0 Å². The number of halogens is 3. The molecule has 4 nitrogen and oxygen atoms in total. The Bertz CT molecular complexity index is 441. The predicted octanol–water partition coefficient (Wildman–Crippen LogP) is 3.76. The molecule has 0 fully saturated rings. The average molecular weight is 334 g/mol. The molecule has 0 aliphatic rings. The molecule has 0 heterocycles. The molecule has 0 atom stereocenters. The molecule has 0 rings (SSSR count). The highest BCUT2D eigenvalue weighted by Gasteiger charge is 2.29. The summed E-state index contributed by atoms with van der Waals surface area (Å²) >= 11 is 0. The molecule has 0 amide bonds. The fourth-order valence-corrected chi connectivity index (χ4v) is 1.60. The van der Waals surface area contributed by atoms with Gasteiger partial charge >= 0.3 is 6.18 Å². The molecular formula is C16H25F3N2O2. The summed E-state index contributed by atoms with van der Waals surface area (Å²) < 4.78 is 42.4. The molecule has 0 aliphatic carbocycles. The summed E-state index contributed by atoms with van der Waals surface area (Å²) in [5, 5.41) is 3.99. The van der Waals surface area contributed by atoms with Crippen molar-refractivity contribution in [3.05, 3.63) is 36.0 Å². The lowest BCUT2D eigenvalue weighted by atomic mass is 10.0. The summed E-state index contributed by atoms with van der Waals surface area (Å²) in [6.45, 7) is 5.91. The normalized spacial score (nSPS) is 13.7. The minimum absolute atomic E-state index is 0.248. The molecule has 7 heteroatoms. The summed E-state index contributed by atoms with van der Waals surface area (Å²) in [7, 11) is 1.61. The van der Waals surface area contributed by atoms with Crippen LogP contribution in [0.4, 0.5) is 13.2 Å². The van der Waals surface area contributed by atoms with E-state index in [0.717, 1.165) is 18.9 Å². The Balaban J connectivity index is 4.97. The molecule has 23 heavy (non-hydrogen) atoms. The Labute approximate surface area is 135 Å². The fourth-order valence-electron chi connectivity index (χ4n) is 1.60. The van der Waals surface area contributed by atoms with Crippen LogP contribution >= 0.6 is 0 Å². The number of nitrogens with zero attached hydrogens (tertiary/aromatic N) is 1. The lowest BCUT2D eigenvalue weighted by molar-refractivity contribution is -0.0878. The van der Waals surface area contributed by atoms with E-state index in [1.807, 2.05) is 0 Å². The third kappa shape index (κ3) is 9.91. The molecule has 0 aromatic heterocycles. The molecule has 0 aromatic rings. The third-order valence-electron chi connectivity index (χ3n) is 2.87. The monoisotopic (exact) mass is 334 g/mol. The van der Waals surface area contributed by atoms with E-state index in [4.69, 9.17) is 15.3 Å². The van der Waals surface area contributed by atoms with E-state index in [1.54, 1.807) is 20.1 Å². The van der Waals surface area contributed by atoms with Gasteiger partial charge in [0.25, 0.3) is 0 Å². The minimum atomic E-state index is -4.44. The number of rotatable bonds is 11. The quantitative estimate of drug-likeness (QED) is 0.271. The zero-order valence-electron chi connectivity index (χ0n) is 13.7. The van der Waals surface area contributed by atoms with Gasteiger partial charge in [-0.1, -0.05) is 23.9 Å². The van der Waals surface area contributed by atoms with Crippen molar-refractivity contribution in [2.75, 3.05) is 26.9 Å². The second-order valence-electron chi connectivity index (χ2n) is 4.71. The van der Waals surface area contributed by atoms with Gasteiger partial charge in [-0.2, -0.15) is 13.2 Å². The fraction of sp³-hybridized carbons (Fsp3) is 0.562. The zero-order chi connectivity index (χ0) is 17.7. The molecule has 0 aliphatic heterocycles. The minimum Gasteiger partial charge on any atom is -0.394 e. The van der Waals surface area contributed by atoms with Crippen LogP contribution < -0.4 is 5.73 Å². The second kappa shape index (κ2) is 11.9. The van der Waals surface area contributed by atoms with Gasteiger partial charge in [-0.3, -0.25) is 0 Å². The van der Waals surface area contributed by atoms with Crippen molar-refractivity contribution in [2.45, 2.75) is 32.4 Å². The maximum atomic E-state index is 12.5. The molecule has 0 spiro atoms. The number of nitrogens with two attached hydrogens (primary N) is 1.